The largest absolute Gasteiger partial charge is 0.381 e. The van der Waals surface area contributed by atoms with Crippen LogP contribution in [0.2, 0.25) is 0 Å². The highest BCUT2D eigenvalue weighted by Crippen LogP contribution is 2.19. The quantitative estimate of drug-likeness (QED) is 0.820. The van der Waals surface area contributed by atoms with E-state index in [1.807, 2.05) is 0 Å². The van der Waals surface area contributed by atoms with Gasteiger partial charge in [0.15, 0.2) is 0 Å². The molecule has 1 aliphatic rings. The third kappa shape index (κ3) is 3.05. The lowest BCUT2D eigenvalue weighted by Gasteiger charge is -2.22. The molecule has 1 fully saturated rings. The van der Waals surface area contributed by atoms with Crippen LogP contribution in [-0.2, 0) is 17.7 Å². The van der Waals surface area contributed by atoms with E-state index >= 15 is 0 Å². The molecule has 1 unspecified atom stereocenters. The molecule has 2 nitrogen and oxygen atoms in total. The minimum absolute atomic E-state index is 0.634. The van der Waals surface area contributed by atoms with E-state index in [9.17, 15) is 0 Å². The summed E-state index contributed by atoms with van der Waals surface area (Å²) in [5.41, 5.74) is 8.25. The number of hydrogen-bond donors (Lipinski definition) is 1. The van der Waals surface area contributed by atoms with Gasteiger partial charge >= 0.3 is 0 Å². The highest BCUT2D eigenvalue weighted by Gasteiger charge is 2.14. The van der Waals surface area contributed by atoms with E-state index in [-0.39, 0.29) is 0 Å². The molecule has 0 aliphatic carbocycles. The van der Waals surface area contributed by atoms with Crippen LogP contribution in [0.3, 0.4) is 0 Å². The van der Waals surface area contributed by atoms with Crippen LogP contribution in [0.5, 0.6) is 0 Å². The van der Waals surface area contributed by atoms with Crippen LogP contribution >= 0.6 is 0 Å². The van der Waals surface area contributed by atoms with Crippen LogP contribution in [0, 0.1) is 5.92 Å². The van der Waals surface area contributed by atoms with Gasteiger partial charge in [-0.05, 0) is 36.3 Å². The van der Waals surface area contributed by atoms with Crippen LogP contribution in [0.15, 0.2) is 24.3 Å². The molecule has 2 N–H and O–H groups in total. The summed E-state index contributed by atoms with van der Waals surface area (Å²) < 4.78 is 5.49. The van der Waals surface area contributed by atoms with E-state index in [4.69, 9.17) is 10.5 Å². The summed E-state index contributed by atoms with van der Waals surface area (Å²) in [6, 6.07) is 8.59. The van der Waals surface area contributed by atoms with Crippen molar-refractivity contribution in [2.45, 2.75) is 25.8 Å². The fourth-order valence-electron chi connectivity index (χ4n) is 2.19. The minimum atomic E-state index is 0.634. The second-order valence-electron chi connectivity index (χ2n) is 4.31. The third-order valence-electron chi connectivity index (χ3n) is 3.01. The SMILES string of the molecule is NCc1cccc(CC2CCCOC2)c1. The molecule has 2 heteroatoms. The molecular formula is C13H19NO. The molecule has 1 atom stereocenters. The average Bonchev–Trinajstić information content (AvgIpc) is 2.31. The van der Waals surface area contributed by atoms with Gasteiger partial charge in [0.2, 0.25) is 0 Å². The standard InChI is InChI=1S/C13H19NO/c14-9-12-4-1-3-11(7-12)8-13-5-2-6-15-10-13/h1,3-4,7,13H,2,5-6,8-10,14H2. The summed E-state index contributed by atoms with van der Waals surface area (Å²) in [5, 5.41) is 0. The minimum Gasteiger partial charge on any atom is -0.381 e. The van der Waals surface area contributed by atoms with Gasteiger partial charge in [0, 0.05) is 19.8 Å². The van der Waals surface area contributed by atoms with Crippen molar-refractivity contribution in [2.75, 3.05) is 13.2 Å². The number of ether oxygens (including phenoxy) is 1. The summed E-state index contributed by atoms with van der Waals surface area (Å²) in [7, 11) is 0. The Balaban J connectivity index is 1.96. The fourth-order valence-corrected chi connectivity index (χ4v) is 2.19. The monoisotopic (exact) mass is 205 g/mol. The summed E-state index contributed by atoms with van der Waals surface area (Å²) in [4.78, 5) is 0. The molecule has 0 spiro atoms. The van der Waals surface area contributed by atoms with Crippen molar-refractivity contribution >= 4 is 0 Å². The Kier molecular flexibility index (Phi) is 3.75. The van der Waals surface area contributed by atoms with Crippen molar-refractivity contribution in [3.05, 3.63) is 35.4 Å². The van der Waals surface area contributed by atoms with Crippen molar-refractivity contribution in [3.63, 3.8) is 0 Å². The van der Waals surface area contributed by atoms with Crippen molar-refractivity contribution in [3.8, 4) is 0 Å². The van der Waals surface area contributed by atoms with Crippen LogP contribution in [0.4, 0.5) is 0 Å². The van der Waals surface area contributed by atoms with E-state index < -0.39 is 0 Å². The molecule has 0 saturated carbocycles. The molecular weight excluding hydrogens is 186 g/mol. The molecule has 0 amide bonds. The number of benzene rings is 1. The molecule has 82 valence electrons. The fraction of sp³-hybridized carbons (Fsp3) is 0.538. The Bertz CT molecular complexity index is 305. The zero-order valence-corrected chi connectivity index (χ0v) is 9.11. The first-order valence-corrected chi connectivity index (χ1v) is 5.74. The second kappa shape index (κ2) is 5.29. The van der Waals surface area contributed by atoms with E-state index in [1.165, 1.54) is 24.0 Å². The average molecular weight is 205 g/mol. The van der Waals surface area contributed by atoms with Crippen molar-refractivity contribution in [1.29, 1.82) is 0 Å². The highest BCUT2D eigenvalue weighted by molar-refractivity contribution is 5.23. The number of rotatable bonds is 3. The Labute approximate surface area is 91.4 Å². The van der Waals surface area contributed by atoms with E-state index in [1.54, 1.807) is 0 Å². The molecule has 1 aliphatic heterocycles. The Morgan fingerprint density at radius 3 is 2.93 bits per heavy atom. The summed E-state index contributed by atoms with van der Waals surface area (Å²) in [6.45, 7) is 2.50. The lowest BCUT2D eigenvalue weighted by Crippen LogP contribution is -2.19. The third-order valence-corrected chi connectivity index (χ3v) is 3.01. The van der Waals surface area contributed by atoms with Gasteiger partial charge in [-0.1, -0.05) is 24.3 Å². The van der Waals surface area contributed by atoms with Crippen molar-refractivity contribution in [1.82, 2.24) is 0 Å². The molecule has 1 heterocycles. The van der Waals surface area contributed by atoms with Crippen LogP contribution in [0.1, 0.15) is 24.0 Å². The zero-order chi connectivity index (χ0) is 10.5. The predicted molar refractivity (Wildman–Crippen MR) is 61.6 cm³/mol. The maximum atomic E-state index is 5.63. The van der Waals surface area contributed by atoms with Crippen molar-refractivity contribution in [2.24, 2.45) is 11.7 Å². The first kappa shape index (κ1) is 10.7. The van der Waals surface area contributed by atoms with Crippen molar-refractivity contribution < 1.29 is 4.74 Å². The molecule has 1 aromatic carbocycles. The number of hydrogen-bond acceptors (Lipinski definition) is 2. The normalized spacial score (nSPS) is 21.5. The van der Waals surface area contributed by atoms with E-state index in [0.29, 0.717) is 12.5 Å². The molecule has 1 aromatic rings. The maximum absolute atomic E-state index is 5.63. The van der Waals surface area contributed by atoms with Crippen LogP contribution < -0.4 is 5.73 Å². The first-order valence-electron chi connectivity index (χ1n) is 5.74. The van der Waals surface area contributed by atoms with E-state index in [0.717, 1.165) is 19.6 Å². The maximum Gasteiger partial charge on any atom is 0.0497 e. The Hall–Kier alpha value is -0.860. The van der Waals surface area contributed by atoms with Gasteiger partial charge < -0.3 is 10.5 Å². The van der Waals surface area contributed by atoms with Crippen LogP contribution in [0.25, 0.3) is 0 Å². The lowest BCUT2D eigenvalue weighted by atomic mass is 9.93. The molecule has 0 aromatic heterocycles. The smallest absolute Gasteiger partial charge is 0.0497 e. The lowest BCUT2D eigenvalue weighted by molar-refractivity contribution is 0.0550. The molecule has 1 saturated heterocycles. The predicted octanol–water partition coefficient (Wildman–Crippen LogP) is 2.11. The Morgan fingerprint density at radius 1 is 1.33 bits per heavy atom. The van der Waals surface area contributed by atoms with Gasteiger partial charge in [0.25, 0.3) is 0 Å². The van der Waals surface area contributed by atoms with E-state index in [2.05, 4.69) is 24.3 Å². The first-order chi connectivity index (χ1) is 7.38. The van der Waals surface area contributed by atoms with Gasteiger partial charge in [-0.15, -0.1) is 0 Å². The summed E-state index contributed by atoms with van der Waals surface area (Å²) in [5.74, 6) is 0.701. The van der Waals surface area contributed by atoms with Gasteiger partial charge in [0.1, 0.15) is 0 Å². The highest BCUT2D eigenvalue weighted by atomic mass is 16.5. The molecule has 15 heavy (non-hydrogen) atoms. The van der Waals surface area contributed by atoms with Gasteiger partial charge in [-0.3, -0.25) is 0 Å². The zero-order valence-electron chi connectivity index (χ0n) is 9.11. The number of nitrogens with two attached hydrogens (primary N) is 1. The molecule has 2 rings (SSSR count). The van der Waals surface area contributed by atoms with Crippen LogP contribution in [-0.4, -0.2) is 13.2 Å². The van der Waals surface area contributed by atoms with Gasteiger partial charge in [0.05, 0.1) is 0 Å². The van der Waals surface area contributed by atoms with Gasteiger partial charge in [-0.2, -0.15) is 0 Å². The topological polar surface area (TPSA) is 35.2 Å². The molecule has 0 bridgehead atoms. The molecule has 0 radical (unpaired) electrons. The van der Waals surface area contributed by atoms with Gasteiger partial charge in [-0.25, -0.2) is 0 Å². The summed E-state index contributed by atoms with van der Waals surface area (Å²) >= 11 is 0. The Morgan fingerprint density at radius 2 is 2.20 bits per heavy atom. The summed E-state index contributed by atoms with van der Waals surface area (Å²) in [6.07, 6.45) is 3.64. The second-order valence-corrected chi connectivity index (χ2v) is 4.31.